The van der Waals surface area contributed by atoms with Crippen LogP contribution in [-0.2, 0) is 6.42 Å². The van der Waals surface area contributed by atoms with Gasteiger partial charge in [-0.3, -0.25) is 3.93 Å². The number of halogens is 1. The van der Waals surface area contributed by atoms with Crippen molar-refractivity contribution in [1.82, 2.24) is 3.93 Å². The molecule has 0 fully saturated rings. The van der Waals surface area contributed by atoms with Gasteiger partial charge in [0, 0.05) is 17.6 Å². The van der Waals surface area contributed by atoms with E-state index in [1.807, 2.05) is 22.3 Å². The normalized spacial score (nSPS) is 14.6. The molecular weight excluding hydrogens is 420 g/mol. The van der Waals surface area contributed by atoms with Crippen molar-refractivity contribution in [3.8, 4) is 0 Å². The van der Waals surface area contributed by atoms with E-state index in [-0.39, 0.29) is 6.04 Å². The van der Waals surface area contributed by atoms with Gasteiger partial charge in [0.2, 0.25) is 0 Å². The van der Waals surface area contributed by atoms with Crippen LogP contribution in [0.1, 0.15) is 22.7 Å². The molecule has 0 saturated carbocycles. The second-order valence-electron chi connectivity index (χ2n) is 6.94. The fourth-order valence-electron chi connectivity index (χ4n) is 3.37. The largest absolute Gasteiger partial charge is 0.374 e. The first-order valence-corrected chi connectivity index (χ1v) is 10.5. The van der Waals surface area contributed by atoms with Crippen LogP contribution < -0.4 is 5.32 Å². The highest BCUT2D eigenvalue weighted by Gasteiger charge is 2.13. The van der Waals surface area contributed by atoms with E-state index in [1.165, 1.54) is 16.7 Å². The maximum Gasteiger partial charge on any atom is 0.0767 e. The summed E-state index contributed by atoms with van der Waals surface area (Å²) in [5, 5.41) is 3.70. The van der Waals surface area contributed by atoms with Gasteiger partial charge in [-0.15, -0.1) is 0 Å². The Balaban J connectivity index is 1.50. The summed E-state index contributed by atoms with van der Waals surface area (Å²) in [4.78, 5) is 0. The third-order valence-electron chi connectivity index (χ3n) is 4.92. The Labute approximate surface area is 181 Å². The van der Waals surface area contributed by atoms with E-state index >= 15 is 0 Å². The molecule has 1 N–H and O–H groups in total. The molecule has 3 heteroatoms. The Hall–Kier alpha value is -3.04. The van der Waals surface area contributed by atoms with Gasteiger partial charge in [0.25, 0.3) is 0 Å². The third kappa shape index (κ3) is 5.07. The zero-order valence-corrected chi connectivity index (χ0v) is 17.7. The minimum absolute atomic E-state index is 0.117. The van der Waals surface area contributed by atoms with Crippen molar-refractivity contribution < 1.29 is 0 Å². The van der Waals surface area contributed by atoms with E-state index in [0.717, 1.165) is 17.8 Å². The van der Waals surface area contributed by atoms with E-state index in [0.29, 0.717) is 0 Å². The lowest BCUT2D eigenvalue weighted by Crippen LogP contribution is -2.12. The van der Waals surface area contributed by atoms with Crippen molar-refractivity contribution in [1.29, 1.82) is 0 Å². The smallest absolute Gasteiger partial charge is 0.0767 e. The summed E-state index contributed by atoms with van der Waals surface area (Å²) < 4.78 is 1.95. The van der Waals surface area contributed by atoms with Gasteiger partial charge in [-0.25, -0.2) is 0 Å². The van der Waals surface area contributed by atoms with Crippen LogP contribution in [0.25, 0.3) is 0 Å². The zero-order chi connectivity index (χ0) is 19.9. The van der Waals surface area contributed by atoms with Crippen molar-refractivity contribution in [3.63, 3.8) is 0 Å². The Morgan fingerprint density at radius 2 is 1.41 bits per heavy atom. The number of benzene rings is 3. The Kier molecular flexibility index (Phi) is 6.28. The van der Waals surface area contributed by atoms with Gasteiger partial charge in [0.15, 0.2) is 0 Å². The quantitative estimate of drug-likeness (QED) is 0.412. The average molecular weight is 443 g/mol. The second kappa shape index (κ2) is 9.44. The minimum Gasteiger partial charge on any atom is -0.374 e. The lowest BCUT2D eigenvalue weighted by Gasteiger charge is -2.21. The average Bonchev–Trinajstić information content (AvgIpc) is 2.79. The summed E-state index contributed by atoms with van der Waals surface area (Å²) in [6.07, 6.45) is 11.2. The Bertz CT molecular complexity index is 966. The van der Waals surface area contributed by atoms with Crippen molar-refractivity contribution >= 4 is 21.8 Å². The first-order chi connectivity index (χ1) is 14.3. The number of nitrogens with zero attached hydrogens (tertiary/aromatic N) is 1. The summed E-state index contributed by atoms with van der Waals surface area (Å²) in [5.74, 6) is 0. The first kappa shape index (κ1) is 19.3. The second-order valence-corrected chi connectivity index (χ2v) is 7.70. The molecule has 2 nitrogen and oxygen atoms in total. The van der Waals surface area contributed by atoms with Crippen LogP contribution in [0, 0.1) is 0 Å². The van der Waals surface area contributed by atoms with Crippen LogP contribution >= 0.6 is 16.1 Å². The predicted molar refractivity (Wildman–Crippen MR) is 126 cm³/mol. The van der Waals surface area contributed by atoms with Crippen LogP contribution in [-0.4, -0.2) is 3.93 Å². The van der Waals surface area contributed by atoms with Gasteiger partial charge in [0.05, 0.1) is 22.2 Å². The molecule has 0 aromatic heterocycles. The van der Waals surface area contributed by atoms with Crippen molar-refractivity contribution in [2.45, 2.75) is 12.5 Å². The summed E-state index contributed by atoms with van der Waals surface area (Å²) in [5.41, 5.74) is 6.04. The van der Waals surface area contributed by atoms with Crippen molar-refractivity contribution in [2.75, 3.05) is 5.32 Å². The first-order valence-electron chi connectivity index (χ1n) is 9.75. The molecule has 1 heterocycles. The molecule has 0 bridgehead atoms. The Morgan fingerprint density at radius 1 is 0.793 bits per heavy atom. The topological polar surface area (TPSA) is 15.3 Å². The maximum absolute atomic E-state index is 3.70. The number of hydrogen-bond acceptors (Lipinski definition) is 2. The fraction of sp³-hybridized carbons (Fsp3) is 0.0769. The van der Waals surface area contributed by atoms with Gasteiger partial charge in [-0.05, 0) is 47.4 Å². The molecule has 0 amide bonds. The molecular formula is C26H23BrN2. The molecule has 0 saturated heterocycles. The molecule has 1 aliphatic rings. The number of anilines is 1. The van der Waals surface area contributed by atoms with E-state index in [4.69, 9.17) is 0 Å². The molecule has 1 aliphatic heterocycles. The molecule has 3 aromatic rings. The van der Waals surface area contributed by atoms with Gasteiger partial charge >= 0.3 is 0 Å². The number of hydrogen-bond donors (Lipinski definition) is 1. The summed E-state index contributed by atoms with van der Waals surface area (Å²) in [6, 6.07) is 30.0. The van der Waals surface area contributed by atoms with Crippen molar-refractivity contribution in [2.24, 2.45) is 0 Å². The molecule has 144 valence electrons. The molecule has 29 heavy (non-hydrogen) atoms. The minimum atomic E-state index is 0.117. The summed E-state index contributed by atoms with van der Waals surface area (Å²) in [6.45, 7) is 0. The SMILES string of the molecule is BrN1C=CC=CC1=CCc1ccc(NC(c2ccccc2)c2ccccc2)cc1. The van der Waals surface area contributed by atoms with Gasteiger partial charge in [-0.1, -0.05) is 84.9 Å². The van der Waals surface area contributed by atoms with Crippen LogP contribution in [0.5, 0.6) is 0 Å². The zero-order valence-electron chi connectivity index (χ0n) is 16.1. The number of allylic oxidation sites excluding steroid dienone is 4. The highest BCUT2D eigenvalue weighted by Crippen LogP contribution is 2.27. The molecule has 0 radical (unpaired) electrons. The summed E-state index contributed by atoms with van der Waals surface area (Å²) >= 11 is 3.53. The van der Waals surface area contributed by atoms with Crippen LogP contribution in [0.15, 0.2) is 121 Å². The van der Waals surface area contributed by atoms with E-state index in [1.54, 1.807) is 0 Å². The number of rotatable bonds is 6. The number of nitrogens with one attached hydrogen (secondary N) is 1. The van der Waals surface area contributed by atoms with Crippen LogP contribution in [0.3, 0.4) is 0 Å². The molecule has 0 spiro atoms. The lowest BCUT2D eigenvalue weighted by atomic mass is 9.98. The van der Waals surface area contributed by atoms with Gasteiger partial charge < -0.3 is 5.32 Å². The third-order valence-corrected chi connectivity index (χ3v) is 5.57. The predicted octanol–water partition coefficient (Wildman–Crippen LogP) is 7.01. The molecule has 4 rings (SSSR count). The molecule has 3 aromatic carbocycles. The maximum atomic E-state index is 3.70. The highest BCUT2D eigenvalue weighted by atomic mass is 79.9. The molecule has 0 aliphatic carbocycles. The standard InChI is InChI=1S/C26H23BrN2/c27-29-20-8-7-13-25(29)19-16-21-14-17-24(18-15-21)28-26(22-9-3-1-4-10-22)23-11-5-2-6-12-23/h1-15,17-20,26,28H,16H2. The van der Waals surface area contributed by atoms with E-state index < -0.39 is 0 Å². The van der Waals surface area contributed by atoms with Crippen LogP contribution in [0.4, 0.5) is 5.69 Å². The lowest BCUT2D eigenvalue weighted by molar-refractivity contribution is 0.810. The highest BCUT2D eigenvalue weighted by molar-refractivity contribution is 9.07. The fourth-order valence-corrected chi connectivity index (χ4v) is 3.77. The monoisotopic (exact) mass is 442 g/mol. The van der Waals surface area contributed by atoms with Gasteiger partial charge in [-0.2, -0.15) is 0 Å². The summed E-state index contributed by atoms with van der Waals surface area (Å²) in [7, 11) is 0. The Morgan fingerprint density at radius 3 is 2.00 bits per heavy atom. The van der Waals surface area contributed by atoms with Crippen LogP contribution in [0.2, 0.25) is 0 Å². The van der Waals surface area contributed by atoms with Gasteiger partial charge in [0.1, 0.15) is 0 Å². The van der Waals surface area contributed by atoms with Crippen molar-refractivity contribution in [3.05, 3.63) is 138 Å². The van der Waals surface area contributed by atoms with E-state index in [9.17, 15) is 0 Å². The molecule has 0 atom stereocenters. The van der Waals surface area contributed by atoms with E-state index in [2.05, 4.69) is 119 Å². The molecule has 0 unspecified atom stereocenters.